The van der Waals surface area contributed by atoms with Crippen molar-refractivity contribution in [3.63, 3.8) is 0 Å². The lowest BCUT2D eigenvalue weighted by molar-refractivity contribution is -0.380. The molecule has 32 heavy (non-hydrogen) atoms. The van der Waals surface area contributed by atoms with Crippen molar-refractivity contribution in [3.8, 4) is 6.07 Å². The third kappa shape index (κ3) is 3.72. The molecule has 0 unspecified atom stereocenters. The van der Waals surface area contributed by atoms with Gasteiger partial charge in [-0.15, -0.1) is 0 Å². The lowest BCUT2D eigenvalue weighted by Gasteiger charge is -2.43. The molecule has 0 saturated heterocycles. The Hall–Kier alpha value is -2.67. The number of rotatable bonds is 3. The fourth-order valence-electron chi connectivity index (χ4n) is 4.33. The molecular weight excluding hydrogens is 516 g/mol. The summed E-state index contributed by atoms with van der Waals surface area (Å²) in [5, 5.41) is 21.7. The van der Waals surface area contributed by atoms with E-state index in [4.69, 9.17) is 17.3 Å². The van der Waals surface area contributed by atoms with E-state index in [-0.39, 0.29) is 27.6 Å². The van der Waals surface area contributed by atoms with Crippen molar-refractivity contribution < 1.29 is 9.72 Å². The van der Waals surface area contributed by atoms with Crippen LogP contribution in [-0.4, -0.2) is 10.7 Å². The van der Waals surface area contributed by atoms with Gasteiger partial charge in [0.05, 0.1) is 33.2 Å². The molecule has 164 valence electrons. The number of nitrogens with two attached hydrogens (primary N) is 1. The normalized spacial score (nSPS) is 20.3. The van der Waals surface area contributed by atoms with Crippen LogP contribution >= 0.6 is 38.9 Å². The molecule has 1 aliphatic carbocycles. The minimum Gasteiger partial charge on any atom is -0.384 e. The molecular formula is C22H18BrClN4O3S. The number of nitriles is 1. The lowest BCUT2D eigenvalue weighted by atomic mass is 9.69. The maximum Gasteiger partial charge on any atom is 0.324 e. The minimum absolute atomic E-state index is 0.0556. The topological polar surface area (TPSA) is 113 Å². The van der Waals surface area contributed by atoms with Crippen molar-refractivity contribution in [2.45, 2.75) is 32.6 Å². The van der Waals surface area contributed by atoms with E-state index >= 15 is 0 Å². The van der Waals surface area contributed by atoms with Gasteiger partial charge in [-0.25, -0.2) is 0 Å². The molecule has 1 atom stereocenters. The highest BCUT2D eigenvalue weighted by Gasteiger charge is 2.45. The summed E-state index contributed by atoms with van der Waals surface area (Å²) in [6, 6.07) is 10.5. The smallest absolute Gasteiger partial charge is 0.324 e. The number of hydrogen-bond donors (Lipinski definition) is 1. The van der Waals surface area contributed by atoms with Crippen LogP contribution in [0.25, 0.3) is 0 Å². The highest BCUT2D eigenvalue weighted by molar-refractivity contribution is 9.10. The number of Topliss-reactive ketones (excluding diaryl/α,β-unsaturated/α-hetero) is 1. The number of benzene rings is 1. The fourth-order valence-corrected chi connectivity index (χ4v) is 6.03. The zero-order valence-corrected chi connectivity index (χ0v) is 20.3. The van der Waals surface area contributed by atoms with Gasteiger partial charge in [0.2, 0.25) is 0 Å². The number of hydrogen-bond acceptors (Lipinski definition) is 7. The largest absolute Gasteiger partial charge is 0.384 e. The predicted molar refractivity (Wildman–Crippen MR) is 127 cm³/mol. The van der Waals surface area contributed by atoms with Crippen LogP contribution in [0, 0.1) is 26.9 Å². The molecule has 4 rings (SSSR count). The molecule has 0 saturated carbocycles. The van der Waals surface area contributed by atoms with Gasteiger partial charge in [0.1, 0.15) is 5.82 Å². The van der Waals surface area contributed by atoms with Crippen LogP contribution in [0.2, 0.25) is 5.02 Å². The Bertz CT molecular complexity index is 1270. The molecule has 1 aliphatic heterocycles. The monoisotopic (exact) mass is 532 g/mol. The third-order valence-corrected chi connectivity index (χ3v) is 7.51. The fraction of sp³-hybridized carbons (Fsp3) is 0.273. The van der Waals surface area contributed by atoms with E-state index in [1.807, 2.05) is 19.9 Å². The van der Waals surface area contributed by atoms with Gasteiger partial charge in [0, 0.05) is 33.1 Å². The van der Waals surface area contributed by atoms with Crippen molar-refractivity contribution in [2.24, 2.45) is 11.1 Å². The van der Waals surface area contributed by atoms with Crippen molar-refractivity contribution >= 4 is 55.3 Å². The van der Waals surface area contributed by atoms with Crippen molar-refractivity contribution in [2.75, 3.05) is 4.90 Å². The average molecular weight is 534 g/mol. The average Bonchev–Trinajstić information content (AvgIpc) is 3.17. The molecule has 1 aromatic heterocycles. The van der Waals surface area contributed by atoms with Crippen molar-refractivity contribution in [1.82, 2.24) is 0 Å². The molecule has 7 nitrogen and oxygen atoms in total. The zero-order valence-electron chi connectivity index (χ0n) is 17.2. The number of nitro groups is 1. The van der Waals surface area contributed by atoms with Crippen LogP contribution in [0.1, 0.15) is 37.5 Å². The van der Waals surface area contributed by atoms with Gasteiger partial charge in [0.15, 0.2) is 5.78 Å². The summed E-state index contributed by atoms with van der Waals surface area (Å²) in [6.45, 7) is 4.00. The summed E-state index contributed by atoms with van der Waals surface area (Å²) in [6.07, 6.45) is 0.834. The first-order valence-corrected chi connectivity index (χ1v) is 11.7. The van der Waals surface area contributed by atoms with Gasteiger partial charge < -0.3 is 5.73 Å². The number of ketones is 1. The Labute approximate surface area is 202 Å². The number of halogens is 2. The van der Waals surface area contributed by atoms with Crippen LogP contribution < -0.4 is 10.6 Å². The summed E-state index contributed by atoms with van der Waals surface area (Å²) in [5.41, 5.74) is 8.08. The predicted octanol–water partition coefficient (Wildman–Crippen LogP) is 6.01. The van der Waals surface area contributed by atoms with Crippen LogP contribution in [0.4, 0.5) is 10.7 Å². The Balaban J connectivity index is 2.00. The second-order valence-corrected chi connectivity index (χ2v) is 10.9. The molecule has 0 bridgehead atoms. The lowest BCUT2D eigenvalue weighted by Crippen LogP contribution is -2.42. The molecule has 0 radical (unpaired) electrons. The highest BCUT2D eigenvalue weighted by atomic mass is 79.9. The molecule has 1 aromatic carbocycles. The van der Waals surface area contributed by atoms with E-state index < -0.39 is 10.8 Å². The van der Waals surface area contributed by atoms with Crippen LogP contribution in [-0.2, 0) is 4.79 Å². The Morgan fingerprint density at radius 1 is 1.34 bits per heavy atom. The van der Waals surface area contributed by atoms with Crippen LogP contribution in [0.3, 0.4) is 0 Å². The Kier molecular flexibility index (Phi) is 5.65. The summed E-state index contributed by atoms with van der Waals surface area (Å²) in [4.78, 5) is 26.4. The van der Waals surface area contributed by atoms with E-state index in [2.05, 4.69) is 22.0 Å². The van der Waals surface area contributed by atoms with E-state index in [0.29, 0.717) is 39.7 Å². The number of allylic oxidation sites excluding steroid dienone is 3. The van der Waals surface area contributed by atoms with Gasteiger partial charge >= 0.3 is 5.00 Å². The van der Waals surface area contributed by atoms with Gasteiger partial charge in [0.25, 0.3) is 0 Å². The highest BCUT2D eigenvalue weighted by Crippen LogP contribution is 2.52. The Morgan fingerprint density at radius 3 is 2.66 bits per heavy atom. The molecule has 0 spiro atoms. The second-order valence-electron chi connectivity index (χ2n) is 8.51. The quantitative estimate of drug-likeness (QED) is 0.382. The standard InChI is InChI=1S/C22H18BrClN4O3S/c1-22(2)8-15-20(16(29)9-22)19(17-5-6-18(32-17)28(30)31)12(10-25)21(26)27(15)14-4-3-11(23)7-13(14)24/h3-7,19H,8-9,26H2,1-2H3/t19-/m1/s1. The maximum atomic E-state index is 13.4. The molecule has 2 N–H and O–H groups in total. The van der Waals surface area contributed by atoms with E-state index in [1.165, 1.54) is 6.07 Å². The zero-order chi connectivity index (χ0) is 23.4. The second kappa shape index (κ2) is 8.03. The number of carbonyl (C=O) groups is 1. The van der Waals surface area contributed by atoms with Crippen LogP contribution in [0.15, 0.2) is 57.5 Å². The number of anilines is 1. The van der Waals surface area contributed by atoms with E-state index in [0.717, 1.165) is 15.8 Å². The molecule has 0 amide bonds. The third-order valence-electron chi connectivity index (χ3n) is 5.61. The summed E-state index contributed by atoms with van der Waals surface area (Å²) >= 11 is 10.9. The molecule has 2 aromatic rings. The molecule has 2 aliphatic rings. The van der Waals surface area contributed by atoms with Crippen molar-refractivity contribution in [1.29, 1.82) is 5.26 Å². The SMILES string of the molecule is CC1(C)CC(=O)C2=C(C1)N(c1ccc(Br)cc1Cl)C(N)=C(C#N)[C@@H]2c1ccc([N+](=O)[O-])s1. The van der Waals surface area contributed by atoms with Crippen LogP contribution in [0.5, 0.6) is 0 Å². The first-order valence-electron chi connectivity index (χ1n) is 9.69. The number of carbonyl (C=O) groups excluding carboxylic acids is 1. The minimum atomic E-state index is -0.747. The van der Waals surface area contributed by atoms with Crippen molar-refractivity contribution in [3.05, 3.63) is 77.5 Å². The maximum absolute atomic E-state index is 13.4. The summed E-state index contributed by atoms with van der Waals surface area (Å²) < 4.78 is 0.782. The summed E-state index contributed by atoms with van der Waals surface area (Å²) in [7, 11) is 0. The summed E-state index contributed by atoms with van der Waals surface area (Å²) in [5.74, 6) is -0.680. The Morgan fingerprint density at radius 2 is 2.06 bits per heavy atom. The number of thiophene rings is 1. The van der Waals surface area contributed by atoms with E-state index in [1.54, 1.807) is 23.1 Å². The number of nitrogens with zero attached hydrogens (tertiary/aromatic N) is 3. The van der Waals surface area contributed by atoms with Gasteiger partial charge in [-0.2, -0.15) is 5.26 Å². The van der Waals surface area contributed by atoms with Gasteiger partial charge in [-0.1, -0.05) is 52.7 Å². The molecule has 2 heterocycles. The van der Waals surface area contributed by atoms with Gasteiger partial charge in [-0.3, -0.25) is 19.8 Å². The first-order chi connectivity index (χ1) is 15.0. The van der Waals surface area contributed by atoms with Gasteiger partial charge in [-0.05, 0) is 36.1 Å². The first kappa shape index (κ1) is 22.5. The van der Waals surface area contributed by atoms with E-state index in [9.17, 15) is 20.2 Å². The molecule has 10 heteroatoms. The molecule has 0 fully saturated rings.